The predicted octanol–water partition coefficient (Wildman–Crippen LogP) is 4.23. The van der Waals surface area contributed by atoms with Crippen molar-refractivity contribution >= 4 is 6.21 Å². The summed E-state index contributed by atoms with van der Waals surface area (Å²) in [7, 11) is 0. The molecule has 1 atom stereocenters. The van der Waals surface area contributed by atoms with Gasteiger partial charge in [0.25, 0.3) is 0 Å². The lowest BCUT2D eigenvalue weighted by Gasteiger charge is -2.16. The van der Waals surface area contributed by atoms with Gasteiger partial charge in [-0.1, -0.05) is 5.16 Å². The third-order valence-electron chi connectivity index (χ3n) is 3.59. The normalized spacial score (nSPS) is 12.5. The second-order valence-corrected chi connectivity index (χ2v) is 5.42. The van der Waals surface area contributed by atoms with Crippen LogP contribution < -0.4 is 0 Å². The molecule has 0 saturated heterocycles. The van der Waals surface area contributed by atoms with Crippen molar-refractivity contribution in [3.63, 3.8) is 0 Å². The average molecular weight is 363 g/mol. The monoisotopic (exact) mass is 363 g/mol. The SMILES string of the molecule is Fc1ccc(/C=N/OC(Cn2ccnc2)c2ccc(F)cc2F)c(F)c1. The van der Waals surface area contributed by atoms with Gasteiger partial charge < -0.3 is 9.40 Å². The van der Waals surface area contributed by atoms with Crippen LogP contribution in [0.3, 0.4) is 0 Å². The Kier molecular flexibility index (Phi) is 5.31. The molecule has 0 radical (unpaired) electrons. The minimum Gasteiger partial charge on any atom is -0.386 e. The van der Waals surface area contributed by atoms with E-state index in [0.29, 0.717) is 6.07 Å². The molecule has 0 saturated carbocycles. The smallest absolute Gasteiger partial charge is 0.173 e. The van der Waals surface area contributed by atoms with Crippen molar-refractivity contribution in [3.05, 3.63) is 89.5 Å². The molecule has 0 aliphatic carbocycles. The molecule has 0 N–H and O–H groups in total. The van der Waals surface area contributed by atoms with E-state index in [0.717, 1.165) is 24.4 Å². The summed E-state index contributed by atoms with van der Waals surface area (Å²) in [5.74, 6) is -3.04. The lowest BCUT2D eigenvalue weighted by atomic mass is 10.1. The summed E-state index contributed by atoms with van der Waals surface area (Å²) in [6, 6.07) is 6.08. The molecule has 1 unspecified atom stereocenters. The summed E-state index contributed by atoms with van der Waals surface area (Å²) < 4.78 is 55.4. The van der Waals surface area contributed by atoms with Crippen molar-refractivity contribution in [2.45, 2.75) is 12.6 Å². The van der Waals surface area contributed by atoms with Crippen molar-refractivity contribution in [2.75, 3.05) is 0 Å². The van der Waals surface area contributed by atoms with Crippen LogP contribution >= 0.6 is 0 Å². The fourth-order valence-electron chi connectivity index (χ4n) is 2.30. The van der Waals surface area contributed by atoms with Crippen LogP contribution in [0, 0.1) is 23.3 Å². The van der Waals surface area contributed by atoms with Crippen LogP contribution in [-0.4, -0.2) is 15.8 Å². The zero-order chi connectivity index (χ0) is 18.5. The number of nitrogens with zero attached hydrogens (tertiary/aromatic N) is 3. The predicted molar refractivity (Wildman–Crippen MR) is 86.4 cm³/mol. The zero-order valence-corrected chi connectivity index (χ0v) is 13.3. The zero-order valence-electron chi connectivity index (χ0n) is 13.3. The summed E-state index contributed by atoms with van der Waals surface area (Å²) in [4.78, 5) is 9.19. The number of benzene rings is 2. The van der Waals surface area contributed by atoms with E-state index >= 15 is 0 Å². The number of hydrogen-bond donors (Lipinski definition) is 0. The molecule has 1 aromatic heterocycles. The highest BCUT2D eigenvalue weighted by molar-refractivity contribution is 5.79. The Morgan fingerprint density at radius 3 is 2.42 bits per heavy atom. The number of aromatic nitrogens is 2. The van der Waals surface area contributed by atoms with E-state index in [4.69, 9.17) is 4.84 Å². The topological polar surface area (TPSA) is 39.4 Å². The van der Waals surface area contributed by atoms with Crippen molar-refractivity contribution in [2.24, 2.45) is 5.16 Å². The quantitative estimate of drug-likeness (QED) is 0.373. The van der Waals surface area contributed by atoms with Gasteiger partial charge in [-0.3, -0.25) is 0 Å². The number of hydrogen-bond acceptors (Lipinski definition) is 3. The van der Waals surface area contributed by atoms with Crippen LogP contribution in [0.1, 0.15) is 17.2 Å². The van der Waals surface area contributed by atoms with Crippen molar-refractivity contribution in [1.29, 1.82) is 0 Å². The lowest BCUT2D eigenvalue weighted by molar-refractivity contribution is 0.0442. The fraction of sp³-hybridized carbons (Fsp3) is 0.111. The number of imidazole rings is 1. The van der Waals surface area contributed by atoms with Crippen LogP contribution in [0.2, 0.25) is 0 Å². The number of halogens is 4. The van der Waals surface area contributed by atoms with Crippen molar-refractivity contribution in [3.8, 4) is 0 Å². The first-order valence-corrected chi connectivity index (χ1v) is 7.58. The van der Waals surface area contributed by atoms with Gasteiger partial charge in [-0.25, -0.2) is 22.5 Å². The minimum atomic E-state index is -0.912. The molecule has 3 rings (SSSR count). The molecule has 0 amide bonds. The molecule has 0 fully saturated rings. The highest BCUT2D eigenvalue weighted by Gasteiger charge is 2.19. The maximum atomic E-state index is 14.1. The lowest BCUT2D eigenvalue weighted by Crippen LogP contribution is -2.12. The standard InChI is InChI=1S/C18H13F4N3O/c19-13-2-1-12(16(21)7-13)9-24-26-18(10-25-6-5-23-11-25)15-4-3-14(20)8-17(15)22/h1-9,11,18H,10H2/b24-9+. The summed E-state index contributed by atoms with van der Waals surface area (Å²) in [5, 5.41) is 3.67. The van der Waals surface area contributed by atoms with Crippen LogP contribution in [0.5, 0.6) is 0 Å². The second kappa shape index (κ2) is 7.81. The molecule has 4 nitrogen and oxygen atoms in total. The summed E-state index contributed by atoms with van der Waals surface area (Å²) in [6.07, 6.45) is 4.82. The van der Waals surface area contributed by atoms with Crippen molar-refractivity contribution < 1.29 is 22.4 Å². The third kappa shape index (κ3) is 4.27. The second-order valence-electron chi connectivity index (χ2n) is 5.42. The maximum Gasteiger partial charge on any atom is 0.173 e. The maximum absolute atomic E-state index is 14.1. The van der Waals surface area contributed by atoms with Crippen LogP contribution in [0.15, 0.2) is 60.3 Å². The van der Waals surface area contributed by atoms with E-state index in [-0.39, 0.29) is 17.7 Å². The summed E-state index contributed by atoms with van der Waals surface area (Å²) >= 11 is 0. The summed E-state index contributed by atoms with van der Waals surface area (Å²) in [5.41, 5.74) is 0.0872. The van der Waals surface area contributed by atoms with E-state index in [1.807, 2.05) is 0 Å². The van der Waals surface area contributed by atoms with Gasteiger partial charge >= 0.3 is 0 Å². The van der Waals surface area contributed by atoms with Crippen LogP contribution in [-0.2, 0) is 11.4 Å². The molecule has 2 aromatic carbocycles. The van der Waals surface area contributed by atoms with Gasteiger partial charge in [0.15, 0.2) is 6.10 Å². The Labute approximate surface area is 146 Å². The molecule has 0 aliphatic rings. The molecule has 26 heavy (non-hydrogen) atoms. The largest absolute Gasteiger partial charge is 0.386 e. The molecule has 0 bridgehead atoms. The highest BCUT2D eigenvalue weighted by Crippen LogP contribution is 2.24. The molecule has 1 heterocycles. The van der Waals surface area contributed by atoms with Gasteiger partial charge in [0.05, 0.1) is 19.1 Å². The minimum absolute atomic E-state index is 0.00681. The first-order chi connectivity index (χ1) is 12.5. The van der Waals surface area contributed by atoms with E-state index in [1.165, 1.54) is 24.7 Å². The first-order valence-electron chi connectivity index (χ1n) is 7.58. The number of oxime groups is 1. The molecule has 8 heteroatoms. The molecule has 134 valence electrons. The average Bonchev–Trinajstić information content (AvgIpc) is 3.09. The Morgan fingerprint density at radius 2 is 1.77 bits per heavy atom. The Bertz CT molecular complexity index is 913. The van der Waals surface area contributed by atoms with Crippen LogP contribution in [0.4, 0.5) is 17.6 Å². The molecular formula is C18H13F4N3O. The van der Waals surface area contributed by atoms with Gasteiger partial charge in [-0.15, -0.1) is 0 Å². The van der Waals surface area contributed by atoms with Gasteiger partial charge in [0.1, 0.15) is 23.3 Å². The molecular weight excluding hydrogens is 350 g/mol. The Morgan fingerprint density at radius 1 is 1.04 bits per heavy atom. The number of rotatable bonds is 6. The summed E-state index contributed by atoms with van der Waals surface area (Å²) in [6.45, 7) is 0.145. The van der Waals surface area contributed by atoms with E-state index < -0.39 is 29.4 Å². The molecule has 0 spiro atoms. The first kappa shape index (κ1) is 17.7. The van der Waals surface area contributed by atoms with Gasteiger partial charge in [-0.05, 0) is 24.3 Å². The van der Waals surface area contributed by atoms with E-state index in [1.54, 1.807) is 10.8 Å². The van der Waals surface area contributed by atoms with Crippen LogP contribution in [0.25, 0.3) is 0 Å². The van der Waals surface area contributed by atoms with E-state index in [9.17, 15) is 17.6 Å². The highest BCUT2D eigenvalue weighted by atomic mass is 19.1. The van der Waals surface area contributed by atoms with Gasteiger partial charge in [0.2, 0.25) is 0 Å². The Balaban J connectivity index is 1.82. The van der Waals surface area contributed by atoms with Crippen molar-refractivity contribution in [1.82, 2.24) is 9.55 Å². The third-order valence-corrected chi connectivity index (χ3v) is 3.59. The Hall–Kier alpha value is -3.16. The van der Waals surface area contributed by atoms with Gasteiger partial charge in [-0.2, -0.15) is 0 Å². The van der Waals surface area contributed by atoms with E-state index in [2.05, 4.69) is 10.1 Å². The molecule has 3 aromatic rings. The molecule has 0 aliphatic heterocycles. The fourth-order valence-corrected chi connectivity index (χ4v) is 2.30. The van der Waals surface area contributed by atoms with Gasteiger partial charge in [0, 0.05) is 35.7 Å².